The fourth-order valence-electron chi connectivity index (χ4n) is 4.48. The first-order chi connectivity index (χ1) is 16.6. The molecule has 5 rings (SSSR count). The summed E-state index contributed by atoms with van der Waals surface area (Å²) in [6, 6.07) is 15.7. The third-order valence-electron chi connectivity index (χ3n) is 6.31. The second-order valence-corrected chi connectivity index (χ2v) is 8.33. The SMILES string of the molecule is C=CC(=O)N1CC[C@@H](n2nc(-c3ccc(Oc4cccc(OC)c4C)cc3)c3cnccc32)C1. The predicted molar refractivity (Wildman–Crippen MR) is 131 cm³/mol. The van der Waals surface area contributed by atoms with Crippen molar-refractivity contribution in [2.24, 2.45) is 0 Å². The molecule has 2 aromatic heterocycles. The van der Waals surface area contributed by atoms with Crippen LogP contribution in [0.5, 0.6) is 17.2 Å². The molecule has 0 N–H and O–H groups in total. The number of nitrogens with zero attached hydrogens (tertiary/aromatic N) is 4. The van der Waals surface area contributed by atoms with Gasteiger partial charge in [-0.05, 0) is 61.9 Å². The van der Waals surface area contributed by atoms with Crippen LogP contribution >= 0.6 is 0 Å². The number of rotatable bonds is 6. The minimum Gasteiger partial charge on any atom is -0.496 e. The average molecular weight is 455 g/mol. The molecule has 1 aliphatic rings. The number of likely N-dealkylation sites (tertiary alicyclic amines) is 1. The van der Waals surface area contributed by atoms with Gasteiger partial charge in [0.1, 0.15) is 22.9 Å². The lowest BCUT2D eigenvalue weighted by Crippen LogP contribution is -2.27. The van der Waals surface area contributed by atoms with Crippen LogP contribution in [0, 0.1) is 6.92 Å². The fourth-order valence-corrected chi connectivity index (χ4v) is 4.48. The Bertz CT molecular complexity index is 1360. The minimum absolute atomic E-state index is 0.0392. The molecule has 1 amide bonds. The summed E-state index contributed by atoms with van der Waals surface area (Å²) >= 11 is 0. The molecule has 0 aliphatic carbocycles. The molecule has 34 heavy (non-hydrogen) atoms. The van der Waals surface area contributed by atoms with Gasteiger partial charge in [-0.15, -0.1) is 0 Å². The van der Waals surface area contributed by atoms with E-state index in [0.717, 1.165) is 51.4 Å². The van der Waals surface area contributed by atoms with Gasteiger partial charge < -0.3 is 14.4 Å². The zero-order valence-electron chi connectivity index (χ0n) is 19.3. The first kappa shape index (κ1) is 21.7. The Morgan fingerprint density at radius 2 is 1.94 bits per heavy atom. The Kier molecular flexibility index (Phi) is 5.76. The van der Waals surface area contributed by atoms with Crippen LogP contribution in [0.1, 0.15) is 18.0 Å². The summed E-state index contributed by atoms with van der Waals surface area (Å²) in [7, 11) is 1.65. The maximum Gasteiger partial charge on any atom is 0.246 e. The van der Waals surface area contributed by atoms with Crippen molar-refractivity contribution in [1.82, 2.24) is 19.7 Å². The lowest BCUT2D eigenvalue weighted by Gasteiger charge is -2.15. The Morgan fingerprint density at radius 3 is 2.71 bits per heavy atom. The summed E-state index contributed by atoms with van der Waals surface area (Å²) in [5, 5.41) is 5.95. The second-order valence-electron chi connectivity index (χ2n) is 8.33. The zero-order chi connectivity index (χ0) is 23.7. The van der Waals surface area contributed by atoms with E-state index in [4.69, 9.17) is 14.6 Å². The van der Waals surface area contributed by atoms with Crippen molar-refractivity contribution in [3.8, 4) is 28.5 Å². The van der Waals surface area contributed by atoms with Crippen LogP contribution in [-0.4, -0.2) is 45.8 Å². The highest BCUT2D eigenvalue weighted by Crippen LogP contribution is 2.35. The largest absolute Gasteiger partial charge is 0.496 e. The monoisotopic (exact) mass is 454 g/mol. The molecule has 1 saturated heterocycles. The minimum atomic E-state index is -0.0392. The molecule has 1 atom stereocenters. The number of fused-ring (bicyclic) bond motifs is 1. The third kappa shape index (κ3) is 3.90. The van der Waals surface area contributed by atoms with Crippen molar-refractivity contribution < 1.29 is 14.3 Å². The fraction of sp³-hybridized carbons (Fsp3) is 0.222. The highest BCUT2D eigenvalue weighted by atomic mass is 16.5. The number of amides is 1. The van der Waals surface area contributed by atoms with Gasteiger partial charge in [-0.3, -0.25) is 14.5 Å². The molecule has 0 spiro atoms. The number of pyridine rings is 1. The number of methoxy groups -OCH3 is 1. The zero-order valence-corrected chi connectivity index (χ0v) is 19.3. The highest BCUT2D eigenvalue weighted by Gasteiger charge is 2.28. The van der Waals surface area contributed by atoms with E-state index in [9.17, 15) is 4.79 Å². The Morgan fingerprint density at radius 1 is 1.15 bits per heavy atom. The first-order valence-corrected chi connectivity index (χ1v) is 11.2. The van der Waals surface area contributed by atoms with Crippen molar-refractivity contribution in [2.45, 2.75) is 19.4 Å². The van der Waals surface area contributed by atoms with Gasteiger partial charge in [0.2, 0.25) is 5.91 Å². The number of ether oxygens (including phenoxy) is 2. The van der Waals surface area contributed by atoms with Crippen molar-refractivity contribution >= 4 is 16.8 Å². The van der Waals surface area contributed by atoms with Crippen LogP contribution in [0.3, 0.4) is 0 Å². The van der Waals surface area contributed by atoms with Crippen molar-refractivity contribution in [1.29, 1.82) is 0 Å². The predicted octanol–water partition coefficient (Wildman–Crippen LogP) is 5.17. The molecule has 0 bridgehead atoms. The standard InChI is InChI=1S/C27H26N4O3/c1-4-26(32)30-15-13-20(17-30)31-23-12-14-28-16-22(23)27(29-31)19-8-10-21(11-9-19)34-25-7-5-6-24(33-3)18(25)2/h4-12,14,16,20H,1,13,15,17H2,2-3H3/t20-/m1/s1. The van der Waals surface area contributed by atoms with Gasteiger partial charge in [0.15, 0.2) is 0 Å². The second kappa shape index (κ2) is 9.02. The summed E-state index contributed by atoms with van der Waals surface area (Å²) in [4.78, 5) is 18.2. The first-order valence-electron chi connectivity index (χ1n) is 11.2. The van der Waals surface area contributed by atoms with Crippen LogP contribution in [0.25, 0.3) is 22.2 Å². The van der Waals surface area contributed by atoms with Gasteiger partial charge in [-0.25, -0.2) is 0 Å². The van der Waals surface area contributed by atoms with Crippen molar-refractivity contribution in [3.63, 3.8) is 0 Å². The van der Waals surface area contributed by atoms with Gasteiger partial charge in [0.05, 0.1) is 18.7 Å². The van der Waals surface area contributed by atoms with E-state index in [-0.39, 0.29) is 11.9 Å². The molecule has 7 heteroatoms. The summed E-state index contributed by atoms with van der Waals surface area (Å²) in [6.07, 6.45) is 5.85. The molecule has 0 unspecified atom stereocenters. The average Bonchev–Trinajstić information content (AvgIpc) is 3.51. The Balaban J connectivity index is 1.44. The van der Waals surface area contributed by atoms with Crippen molar-refractivity contribution in [3.05, 3.63) is 79.1 Å². The maximum atomic E-state index is 12.1. The molecule has 3 heterocycles. The number of carbonyl (C=O) groups is 1. The number of carbonyl (C=O) groups excluding carboxylic acids is 1. The van der Waals surface area contributed by atoms with Gasteiger partial charge >= 0.3 is 0 Å². The van der Waals surface area contributed by atoms with E-state index in [1.54, 1.807) is 13.3 Å². The van der Waals surface area contributed by atoms with Crippen LogP contribution in [0.15, 0.2) is 73.6 Å². The molecule has 1 aliphatic heterocycles. The summed E-state index contributed by atoms with van der Waals surface area (Å²) in [5.41, 5.74) is 3.80. The molecular weight excluding hydrogens is 428 g/mol. The summed E-state index contributed by atoms with van der Waals surface area (Å²) in [5.74, 6) is 2.24. The smallest absolute Gasteiger partial charge is 0.246 e. The van der Waals surface area contributed by atoms with E-state index >= 15 is 0 Å². The maximum absolute atomic E-state index is 12.1. The molecule has 7 nitrogen and oxygen atoms in total. The van der Waals surface area contributed by atoms with Crippen LogP contribution in [0.4, 0.5) is 0 Å². The van der Waals surface area contributed by atoms with Crippen LogP contribution in [0.2, 0.25) is 0 Å². The quantitative estimate of drug-likeness (QED) is 0.376. The molecule has 1 fully saturated rings. The number of aromatic nitrogens is 3. The number of hydrogen-bond donors (Lipinski definition) is 0. The topological polar surface area (TPSA) is 69.5 Å². The molecule has 2 aromatic carbocycles. The van der Waals surface area contributed by atoms with Crippen molar-refractivity contribution in [2.75, 3.05) is 20.2 Å². The highest BCUT2D eigenvalue weighted by molar-refractivity contribution is 5.93. The van der Waals surface area contributed by atoms with E-state index in [2.05, 4.69) is 11.6 Å². The lowest BCUT2D eigenvalue weighted by molar-refractivity contribution is -0.125. The molecule has 0 radical (unpaired) electrons. The van der Waals surface area contributed by atoms with Gasteiger partial charge in [-0.1, -0.05) is 12.6 Å². The third-order valence-corrected chi connectivity index (χ3v) is 6.31. The van der Waals surface area contributed by atoms with Crippen LogP contribution in [-0.2, 0) is 4.79 Å². The van der Waals surface area contributed by atoms with E-state index in [0.29, 0.717) is 13.1 Å². The van der Waals surface area contributed by atoms with Gasteiger partial charge in [0.25, 0.3) is 0 Å². The molecule has 172 valence electrons. The summed E-state index contributed by atoms with van der Waals surface area (Å²) in [6.45, 7) is 6.90. The number of hydrogen-bond acceptors (Lipinski definition) is 5. The summed E-state index contributed by atoms with van der Waals surface area (Å²) < 4.78 is 13.5. The van der Waals surface area contributed by atoms with Crippen LogP contribution < -0.4 is 9.47 Å². The molecule has 4 aromatic rings. The normalized spacial score (nSPS) is 15.5. The van der Waals surface area contributed by atoms with E-state index in [1.807, 2.05) is 71.2 Å². The number of benzene rings is 2. The van der Waals surface area contributed by atoms with E-state index < -0.39 is 0 Å². The Labute approximate surface area is 198 Å². The lowest BCUT2D eigenvalue weighted by atomic mass is 10.1. The van der Waals surface area contributed by atoms with Gasteiger partial charge in [-0.2, -0.15) is 5.10 Å². The van der Waals surface area contributed by atoms with Gasteiger partial charge in [0, 0.05) is 42.0 Å². The molecular formula is C27H26N4O3. The molecule has 0 saturated carbocycles. The van der Waals surface area contributed by atoms with E-state index in [1.165, 1.54) is 6.08 Å². The Hall–Kier alpha value is -4.13.